The number of rotatable bonds is 6. The molecule has 3 amide bonds. The first kappa shape index (κ1) is 18.3. The highest BCUT2D eigenvalue weighted by atomic mass is 16.2. The van der Waals surface area contributed by atoms with Crippen LogP contribution < -0.4 is 16.0 Å². The number of carbonyl (C=O) groups excluding carboxylic acids is 2. The van der Waals surface area contributed by atoms with Crippen molar-refractivity contribution in [2.24, 2.45) is 5.92 Å². The van der Waals surface area contributed by atoms with Gasteiger partial charge in [-0.25, -0.2) is 4.79 Å². The first-order valence-electron chi connectivity index (χ1n) is 8.59. The third-order valence-corrected chi connectivity index (χ3v) is 4.41. The molecule has 1 fully saturated rings. The van der Waals surface area contributed by atoms with Crippen molar-refractivity contribution in [3.05, 3.63) is 35.9 Å². The molecular formula is C18H28N4O2. The standard InChI is InChI=1S/C18H28N4O2/c1-14-8-10-19-12-16(14)21-17(23)9-11-20-18(24)22(2)13-15-6-4-3-5-7-15/h3-7,14,16,19H,8-13H2,1-2H3,(H,20,24)(H,21,23). The Kier molecular flexibility index (Phi) is 7.06. The van der Waals surface area contributed by atoms with Gasteiger partial charge in [-0.15, -0.1) is 0 Å². The monoisotopic (exact) mass is 332 g/mol. The average Bonchev–Trinajstić information content (AvgIpc) is 2.57. The molecule has 0 aliphatic carbocycles. The molecule has 0 bridgehead atoms. The van der Waals surface area contributed by atoms with Crippen molar-refractivity contribution in [3.63, 3.8) is 0 Å². The van der Waals surface area contributed by atoms with Gasteiger partial charge in [0.2, 0.25) is 5.91 Å². The predicted octanol–water partition coefficient (Wildman–Crippen LogP) is 1.33. The fourth-order valence-electron chi connectivity index (χ4n) is 2.81. The smallest absolute Gasteiger partial charge is 0.317 e. The summed E-state index contributed by atoms with van der Waals surface area (Å²) in [5, 5.41) is 9.13. The van der Waals surface area contributed by atoms with Crippen molar-refractivity contribution in [2.75, 3.05) is 26.7 Å². The van der Waals surface area contributed by atoms with Crippen molar-refractivity contribution >= 4 is 11.9 Å². The van der Waals surface area contributed by atoms with Gasteiger partial charge >= 0.3 is 6.03 Å². The van der Waals surface area contributed by atoms with Crippen molar-refractivity contribution in [2.45, 2.75) is 32.4 Å². The highest BCUT2D eigenvalue weighted by Gasteiger charge is 2.22. The van der Waals surface area contributed by atoms with E-state index in [1.807, 2.05) is 30.3 Å². The van der Waals surface area contributed by atoms with Gasteiger partial charge in [-0.3, -0.25) is 4.79 Å². The van der Waals surface area contributed by atoms with Gasteiger partial charge in [0.05, 0.1) is 0 Å². The van der Waals surface area contributed by atoms with Crippen LogP contribution in [0.1, 0.15) is 25.3 Å². The second-order valence-corrected chi connectivity index (χ2v) is 6.47. The first-order chi connectivity index (χ1) is 11.6. The van der Waals surface area contributed by atoms with E-state index < -0.39 is 0 Å². The van der Waals surface area contributed by atoms with Crippen LogP contribution >= 0.6 is 0 Å². The van der Waals surface area contributed by atoms with Crippen molar-refractivity contribution in [1.82, 2.24) is 20.9 Å². The molecule has 6 nitrogen and oxygen atoms in total. The summed E-state index contributed by atoms with van der Waals surface area (Å²) in [5.74, 6) is 0.475. The quantitative estimate of drug-likeness (QED) is 0.736. The molecule has 1 saturated heterocycles. The number of nitrogens with one attached hydrogen (secondary N) is 3. The zero-order valence-electron chi connectivity index (χ0n) is 14.5. The summed E-state index contributed by atoms with van der Waals surface area (Å²) in [5.41, 5.74) is 1.08. The lowest BCUT2D eigenvalue weighted by Crippen LogP contribution is -2.50. The largest absolute Gasteiger partial charge is 0.352 e. The number of hydrogen-bond acceptors (Lipinski definition) is 3. The lowest BCUT2D eigenvalue weighted by molar-refractivity contribution is -0.122. The maximum atomic E-state index is 12.0. The third kappa shape index (κ3) is 5.85. The molecule has 1 heterocycles. The van der Waals surface area contributed by atoms with Gasteiger partial charge in [-0.1, -0.05) is 37.3 Å². The fourth-order valence-corrected chi connectivity index (χ4v) is 2.81. The van der Waals surface area contributed by atoms with E-state index in [4.69, 9.17) is 0 Å². The number of piperidine rings is 1. The Labute approximate surface area is 144 Å². The molecule has 1 aliphatic rings. The molecule has 24 heavy (non-hydrogen) atoms. The normalized spacial score (nSPS) is 20.2. The molecule has 3 N–H and O–H groups in total. The minimum Gasteiger partial charge on any atom is -0.352 e. The van der Waals surface area contributed by atoms with Crippen LogP contribution in [0.25, 0.3) is 0 Å². The summed E-state index contributed by atoms with van der Waals surface area (Å²) in [7, 11) is 1.75. The van der Waals surface area contributed by atoms with Crippen molar-refractivity contribution in [1.29, 1.82) is 0 Å². The van der Waals surface area contributed by atoms with Gasteiger partial charge in [-0.2, -0.15) is 0 Å². The Morgan fingerprint density at radius 3 is 2.75 bits per heavy atom. The van der Waals surface area contributed by atoms with Crippen LogP contribution in [0.3, 0.4) is 0 Å². The van der Waals surface area contributed by atoms with Gasteiger partial charge in [0.25, 0.3) is 0 Å². The predicted molar refractivity (Wildman–Crippen MR) is 94.5 cm³/mol. The van der Waals surface area contributed by atoms with Crippen LogP contribution in [-0.4, -0.2) is 49.6 Å². The van der Waals surface area contributed by atoms with E-state index in [1.54, 1.807) is 11.9 Å². The molecular weight excluding hydrogens is 304 g/mol. The van der Waals surface area contributed by atoms with Crippen LogP contribution in [0.15, 0.2) is 30.3 Å². The molecule has 0 aromatic heterocycles. The molecule has 1 aromatic rings. The minimum atomic E-state index is -0.167. The number of carbonyl (C=O) groups is 2. The van der Waals surface area contributed by atoms with Crippen molar-refractivity contribution in [3.8, 4) is 0 Å². The maximum Gasteiger partial charge on any atom is 0.317 e. The van der Waals surface area contributed by atoms with Crippen LogP contribution in [0.4, 0.5) is 4.79 Å². The van der Waals surface area contributed by atoms with E-state index in [1.165, 1.54) is 0 Å². The molecule has 1 aromatic carbocycles. The summed E-state index contributed by atoms with van der Waals surface area (Å²) in [6.45, 7) is 4.88. The Morgan fingerprint density at radius 1 is 1.29 bits per heavy atom. The molecule has 0 radical (unpaired) electrons. The molecule has 0 saturated carbocycles. The Hall–Kier alpha value is -2.08. The lowest BCUT2D eigenvalue weighted by atomic mass is 9.95. The van der Waals surface area contributed by atoms with E-state index in [0.29, 0.717) is 25.4 Å². The summed E-state index contributed by atoms with van der Waals surface area (Å²) in [6, 6.07) is 9.83. The second-order valence-electron chi connectivity index (χ2n) is 6.47. The summed E-state index contributed by atoms with van der Waals surface area (Å²) < 4.78 is 0. The summed E-state index contributed by atoms with van der Waals surface area (Å²) >= 11 is 0. The Bertz CT molecular complexity index is 535. The molecule has 2 atom stereocenters. The number of amides is 3. The number of nitrogens with zero attached hydrogens (tertiary/aromatic N) is 1. The lowest BCUT2D eigenvalue weighted by Gasteiger charge is -2.30. The van der Waals surface area contributed by atoms with Crippen LogP contribution in [0.5, 0.6) is 0 Å². The van der Waals surface area contributed by atoms with E-state index in [2.05, 4.69) is 22.9 Å². The number of urea groups is 1. The molecule has 1 aliphatic heterocycles. The van der Waals surface area contributed by atoms with Crippen LogP contribution in [-0.2, 0) is 11.3 Å². The molecule has 132 valence electrons. The van der Waals surface area contributed by atoms with Crippen LogP contribution in [0, 0.1) is 5.92 Å². The topological polar surface area (TPSA) is 73.5 Å². The van der Waals surface area contributed by atoms with E-state index >= 15 is 0 Å². The van der Waals surface area contributed by atoms with Gasteiger partial charge in [0, 0.05) is 39.1 Å². The highest BCUT2D eigenvalue weighted by Crippen LogP contribution is 2.11. The SMILES string of the molecule is CC1CCNCC1NC(=O)CCNC(=O)N(C)Cc1ccccc1. The number of hydrogen-bond donors (Lipinski definition) is 3. The Morgan fingerprint density at radius 2 is 2.04 bits per heavy atom. The minimum absolute atomic E-state index is 0.0124. The van der Waals surface area contributed by atoms with Gasteiger partial charge in [0.15, 0.2) is 0 Å². The van der Waals surface area contributed by atoms with Gasteiger partial charge < -0.3 is 20.9 Å². The molecule has 2 rings (SSSR count). The molecule has 6 heteroatoms. The zero-order valence-corrected chi connectivity index (χ0v) is 14.5. The van der Waals surface area contributed by atoms with Crippen molar-refractivity contribution < 1.29 is 9.59 Å². The first-order valence-corrected chi connectivity index (χ1v) is 8.59. The summed E-state index contributed by atoms with van der Waals surface area (Å²) in [6.07, 6.45) is 1.38. The highest BCUT2D eigenvalue weighted by molar-refractivity contribution is 5.78. The van der Waals surface area contributed by atoms with E-state index in [0.717, 1.165) is 25.1 Å². The van der Waals surface area contributed by atoms with Gasteiger partial charge in [-0.05, 0) is 24.4 Å². The molecule has 0 spiro atoms. The third-order valence-electron chi connectivity index (χ3n) is 4.41. The molecule has 2 unspecified atom stereocenters. The zero-order chi connectivity index (χ0) is 17.4. The van der Waals surface area contributed by atoms with Crippen LogP contribution in [0.2, 0.25) is 0 Å². The Balaban J connectivity index is 1.65. The second kappa shape index (κ2) is 9.27. The average molecular weight is 332 g/mol. The number of benzene rings is 1. The van der Waals surface area contributed by atoms with E-state index in [9.17, 15) is 9.59 Å². The maximum absolute atomic E-state index is 12.0. The summed E-state index contributed by atoms with van der Waals surface area (Å²) in [4.78, 5) is 25.7. The van der Waals surface area contributed by atoms with Gasteiger partial charge in [0.1, 0.15) is 0 Å². The van der Waals surface area contributed by atoms with E-state index in [-0.39, 0.29) is 18.0 Å². The fraction of sp³-hybridized carbons (Fsp3) is 0.556.